The van der Waals surface area contributed by atoms with Gasteiger partial charge in [-0.1, -0.05) is 56.0 Å². The Morgan fingerprint density at radius 2 is 1.88 bits per heavy atom. The summed E-state index contributed by atoms with van der Waals surface area (Å²) in [6.45, 7) is 2.67. The van der Waals surface area contributed by atoms with Crippen molar-refractivity contribution >= 4 is 23.6 Å². The standard InChI is InChI=1S/C26H33N5O3/c1-26(15-18-6-3-4-7-18)23(32)31(24(27)30-26)17-20-12-10-19(11-13-20)16-28-25(33)29-21-8-5-9-22(14-21)34-2/h5,8-14,18H,3-4,6-7,15-17H2,1-2H3,(H2,27,30)(H2,28,29,33)/t26-/m1/s1. The summed E-state index contributed by atoms with van der Waals surface area (Å²) in [5.74, 6) is 1.51. The maximum atomic E-state index is 13.1. The lowest BCUT2D eigenvalue weighted by molar-refractivity contribution is -0.131. The summed E-state index contributed by atoms with van der Waals surface area (Å²) < 4.78 is 5.17. The van der Waals surface area contributed by atoms with Crippen molar-refractivity contribution in [3.05, 3.63) is 59.7 Å². The number of anilines is 1. The topological polar surface area (TPSA) is 109 Å². The highest BCUT2D eigenvalue weighted by Gasteiger charge is 2.45. The normalized spacial score (nSPS) is 20.4. The van der Waals surface area contributed by atoms with Gasteiger partial charge in [-0.15, -0.1) is 0 Å². The van der Waals surface area contributed by atoms with Gasteiger partial charge in [-0.2, -0.15) is 0 Å². The summed E-state index contributed by atoms with van der Waals surface area (Å²) in [5, 5.41) is 5.63. The van der Waals surface area contributed by atoms with E-state index >= 15 is 0 Å². The van der Waals surface area contributed by atoms with Crippen molar-refractivity contribution in [2.24, 2.45) is 16.6 Å². The molecule has 0 spiro atoms. The van der Waals surface area contributed by atoms with Crippen molar-refractivity contribution in [2.75, 3.05) is 12.4 Å². The molecular formula is C26H33N5O3. The van der Waals surface area contributed by atoms with Gasteiger partial charge in [0.25, 0.3) is 5.91 Å². The number of benzene rings is 2. The van der Waals surface area contributed by atoms with Crippen LogP contribution in [0.4, 0.5) is 10.5 Å². The highest BCUT2D eigenvalue weighted by molar-refractivity contribution is 6.06. The van der Waals surface area contributed by atoms with E-state index in [0.29, 0.717) is 36.4 Å². The number of aliphatic imine (C=N–C) groups is 1. The van der Waals surface area contributed by atoms with Gasteiger partial charge in [-0.05, 0) is 42.5 Å². The lowest BCUT2D eigenvalue weighted by Gasteiger charge is -2.24. The molecule has 34 heavy (non-hydrogen) atoms. The second-order valence-electron chi connectivity index (χ2n) is 9.35. The average Bonchev–Trinajstić information content (AvgIpc) is 3.40. The summed E-state index contributed by atoms with van der Waals surface area (Å²) in [5.41, 5.74) is 7.96. The number of methoxy groups -OCH3 is 1. The van der Waals surface area contributed by atoms with E-state index in [1.165, 1.54) is 25.7 Å². The minimum Gasteiger partial charge on any atom is -0.497 e. The first-order valence-electron chi connectivity index (χ1n) is 11.8. The summed E-state index contributed by atoms with van der Waals surface area (Å²) in [4.78, 5) is 31.5. The number of hydrogen-bond acceptors (Lipinski definition) is 5. The van der Waals surface area contributed by atoms with Crippen LogP contribution in [0.2, 0.25) is 0 Å². The van der Waals surface area contributed by atoms with Crippen molar-refractivity contribution in [3.63, 3.8) is 0 Å². The molecule has 2 aliphatic rings. The molecule has 3 amide bonds. The quantitative estimate of drug-likeness (QED) is 0.549. The number of hydrogen-bond donors (Lipinski definition) is 3. The van der Waals surface area contributed by atoms with E-state index in [1.54, 1.807) is 24.1 Å². The third-order valence-corrected chi connectivity index (χ3v) is 6.65. The number of guanidine groups is 1. The highest BCUT2D eigenvalue weighted by atomic mass is 16.5. The maximum Gasteiger partial charge on any atom is 0.319 e. The van der Waals surface area contributed by atoms with Crippen molar-refractivity contribution in [1.82, 2.24) is 10.2 Å². The molecule has 4 rings (SSSR count). The van der Waals surface area contributed by atoms with Gasteiger partial charge in [0.15, 0.2) is 5.96 Å². The number of nitrogens with two attached hydrogens (primary N) is 1. The van der Waals surface area contributed by atoms with Gasteiger partial charge in [0, 0.05) is 18.3 Å². The van der Waals surface area contributed by atoms with Gasteiger partial charge >= 0.3 is 6.03 Å². The molecule has 0 unspecified atom stereocenters. The zero-order valence-corrected chi connectivity index (χ0v) is 19.8. The molecule has 1 aliphatic carbocycles. The first-order valence-corrected chi connectivity index (χ1v) is 11.8. The SMILES string of the molecule is COc1cccc(NC(=O)NCc2ccc(CN3C(=O)[C@@](C)(CC4CCCC4)N=C3N)cc2)c1. The van der Waals surface area contributed by atoms with Gasteiger partial charge < -0.3 is 21.1 Å². The third kappa shape index (κ3) is 5.50. The molecule has 4 N–H and O–H groups in total. The van der Waals surface area contributed by atoms with Crippen LogP contribution in [-0.2, 0) is 17.9 Å². The molecule has 2 aromatic rings. The van der Waals surface area contributed by atoms with Crippen LogP contribution >= 0.6 is 0 Å². The molecule has 0 saturated heterocycles. The summed E-state index contributed by atoms with van der Waals surface area (Å²) in [6.07, 6.45) is 5.59. The van der Waals surface area contributed by atoms with E-state index in [4.69, 9.17) is 10.5 Å². The van der Waals surface area contributed by atoms with Crippen LogP contribution in [0.15, 0.2) is 53.5 Å². The second kappa shape index (κ2) is 10.2. The molecule has 1 saturated carbocycles. The fourth-order valence-electron chi connectivity index (χ4n) is 4.82. The largest absolute Gasteiger partial charge is 0.497 e. The summed E-state index contributed by atoms with van der Waals surface area (Å²) in [7, 11) is 1.58. The Kier molecular flexibility index (Phi) is 7.05. The van der Waals surface area contributed by atoms with Gasteiger partial charge in [-0.3, -0.25) is 9.69 Å². The Bertz CT molecular complexity index is 1060. The Labute approximate surface area is 200 Å². The molecule has 180 valence electrons. The van der Waals surface area contributed by atoms with Crippen LogP contribution in [0.5, 0.6) is 5.75 Å². The van der Waals surface area contributed by atoms with Crippen molar-refractivity contribution in [1.29, 1.82) is 0 Å². The lowest BCUT2D eigenvalue weighted by atomic mass is 9.88. The molecule has 8 nitrogen and oxygen atoms in total. The van der Waals surface area contributed by atoms with Gasteiger partial charge in [0.1, 0.15) is 11.3 Å². The first kappa shape index (κ1) is 23.6. The number of amides is 3. The Morgan fingerprint density at radius 1 is 1.18 bits per heavy atom. The van der Waals surface area contributed by atoms with E-state index in [0.717, 1.165) is 17.5 Å². The zero-order valence-electron chi connectivity index (χ0n) is 19.8. The van der Waals surface area contributed by atoms with Crippen LogP contribution in [0.1, 0.15) is 50.2 Å². The number of carbonyl (C=O) groups excluding carboxylic acids is 2. The first-order chi connectivity index (χ1) is 16.4. The molecule has 0 radical (unpaired) electrons. The molecule has 2 aromatic carbocycles. The van der Waals surface area contributed by atoms with Gasteiger partial charge in [-0.25, -0.2) is 9.79 Å². The predicted molar refractivity (Wildman–Crippen MR) is 132 cm³/mol. The Morgan fingerprint density at radius 3 is 2.59 bits per heavy atom. The minimum atomic E-state index is -0.751. The zero-order chi connectivity index (χ0) is 24.1. The minimum absolute atomic E-state index is 0.0168. The van der Waals surface area contributed by atoms with E-state index in [-0.39, 0.29) is 11.9 Å². The Balaban J connectivity index is 1.29. The molecule has 1 fully saturated rings. The third-order valence-electron chi connectivity index (χ3n) is 6.65. The highest BCUT2D eigenvalue weighted by Crippen LogP contribution is 2.36. The fraction of sp³-hybridized carbons (Fsp3) is 0.423. The second-order valence-corrected chi connectivity index (χ2v) is 9.35. The molecule has 1 aliphatic heterocycles. The van der Waals surface area contributed by atoms with Crippen LogP contribution in [0, 0.1) is 5.92 Å². The van der Waals surface area contributed by atoms with Crippen LogP contribution < -0.4 is 21.1 Å². The van der Waals surface area contributed by atoms with E-state index in [9.17, 15) is 9.59 Å². The number of ether oxygens (including phenoxy) is 1. The molecule has 1 atom stereocenters. The van der Waals surface area contributed by atoms with E-state index < -0.39 is 5.54 Å². The monoisotopic (exact) mass is 463 g/mol. The number of urea groups is 1. The number of rotatable bonds is 8. The van der Waals surface area contributed by atoms with Crippen molar-refractivity contribution < 1.29 is 14.3 Å². The van der Waals surface area contributed by atoms with Gasteiger partial charge in [0.05, 0.1) is 13.7 Å². The molecule has 0 bridgehead atoms. The summed E-state index contributed by atoms with van der Waals surface area (Å²) >= 11 is 0. The van der Waals surface area contributed by atoms with Crippen LogP contribution in [0.3, 0.4) is 0 Å². The van der Waals surface area contributed by atoms with Crippen LogP contribution in [-0.4, -0.2) is 35.4 Å². The molecule has 8 heteroatoms. The molecular weight excluding hydrogens is 430 g/mol. The predicted octanol–water partition coefficient (Wildman–Crippen LogP) is 4.01. The average molecular weight is 464 g/mol. The lowest BCUT2D eigenvalue weighted by Crippen LogP contribution is -2.43. The molecule has 0 aromatic heterocycles. The van der Waals surface area contributed by atoms with Crippen molar-refractivity contribution in [2.45, 2.75) is 57.7 Å². The van der Waals surface area contributed by atoms with E-state index in [1.807, 2.05) is 43.3 Å². The Hall–Kier alpha value is -3.55. The van der Waals surface area contributed by atoms with Crippen LogP contribution in [0.25, 0.3) is 0 Å². The molecule has 1 heterocycles. The van der Waals surface area contributed by atoms with Gasteiger partial charge in [0.2, 0.25) is 0 Å². The smallest absolute Gasteiger partial charge is 0.319 e. The fourth-order valence-corrected chi connectivity index (χ4v) is 4.82. The summed E-state index contributed by atoms with van der Waals surface area (Å²) in [6, 6.07) is 14.6. The number of nitrogens with one attached hydrogen (secondary N) is 2. The number of nitrogens with zero attached hydrogens (tertiary/aromatic N) is 2. The van der Waals surface area contributed by atoms with E-state index in [2.05, 4.69) is 15.6 Å². The van der Waals surface area contributed by atoms with Crippen molar-refractivity contribution in [3.8, 4) is 5.75 Å². The maximum absolute atomic E-state index is 13.1. The number of carbonyl (C=O) groups is 2.